The largest absolute Gasteiger partial charge is 0.480 e. The number of aliphatic carboxylic acids is 1. The Hall–Kier alpha value is -1.99. The lowest BCUT2D eigenvalue weighted by Gasteiger charge is -2.06. The summed E-state index contributed by atoms with van der Waals surface area (Å²) in [5.41, 5.74) is -1.11. The minimum Gasteiger partial charge on any atom is -0.480 e. The third kappa shape index (κ3) is 3.23. The summed E-state index contributed by atoms with van der Waals surface area (Å²) in [6.45, 7) is 1.17. The van der Waals surface area contributed by atoms with Crippen LogP contribution in [0.2, 0.25) is 0 Å². The van der Waals surface area contributed by atoms with Crippen LogP contribution in [0.5, 0.6) is 0 Å². The number of hydrogen-bond acceptors (Lipinski definition) is 3. The molecule has 0 unspecified atom stereocenters. The van der Waals surface area contributed by atoms with E-state index in [1.54, 1.807) is 0 Å². The molecule has 8 heteroatoms. The second-order valence-corrected chi connectivity index (χ2v) is 3.23. The Labute approximate surface area is 93.2 Å². The molecule has 0 bridgehead atoms. The molecule has 0 saturated heterocycles. The zero-order chi connectivity index (χ0) is 13.2. The maximum Gasteiger partial charge on any atom is 0.419 e. The van der Waals surface area contributed by atoms with Gasteiger partial charge in [-0.25, -0.2) is 0 Å². The molecule has 0 aliphatic heterocycles. The molecule has 0 fully saturated rings. The molecule has 1 aromatic heterocycles. The molecule has 17 heavy (non-hydrogen) atoms. The molecule has 0 saturated carbocycles. The number of nitrogens with one attached hydrogen (secondary N) is 1. The number of hydrogen-bond donors (Lipinski definition) is 2. The van der Waals surface area contributed by atoms with Crippen molar-refractivity contribution < 1.29 is 32.3 Å². The molecule has 1 aromatic rings. The van der Waals surface area contributed by atoms with Crippen LogP contribution < -0.4 is 5.32 Å². The molecule has 94 valence electrons. The predicted molar refractivity (Wildman–Crippen MR) is 48.3 cm³/mol. The molecule has 1 amide bonds. The molecule has 0 aromatic carbocycles. The third-order valence-electron chi connectivity index (χ3n) is 1.87. The van der Waals surface area contributed by atoms with Crippen molar-refractivity contribution in [2.24, 2.45) is 0 Å². The molecule has 2 N–H and O–H groups in total. The van der Waals surface area contributed by atoms with Gasteiger partial charge in [0.25, 0.3) is 5.91 Å². The monoisotopic (exact) mass is 251 g/mol. The fraction of sp³-hybridized carbons (Fsp3) is 0.333. The number of carbonyl (C=O) groups is 2. The summed E-state index contributed by atoms with van der Waals surface area (Å²) in [5.74, 6) is -2.92. The van der Waals surface area contributed by atoms with Gasteiger partial charge in [-0.1, -0.05) is 0 Å². The van der Waals surface area contributed by atoms with Crippen LogP contribution in [-0.2, 0) is 11.0 Å². The summed E-state index contributed by atoms with van der Waals surface area (Å²) in [6, 6.07) is -0.717. The van der Waals surface area contributed by atoms with Crippen molar-refractivity contribution in [2.75, 3.05) is 0 Å². The molecule has 0 spiro atoms. The summed E-state index contributed by atoms with van der Waals surface area (Å²) in [5, 5.41) is 10.4. The van der Waals surface area contributed by atoms with E-state index in [-0.39, 0.29) is 0 Å². The first-order chi connectivity index (χ1) is 7.71. The van der Waals surface area contributed by atoms with Gasteiger partial charge in [0.1, 0.15) is 12.3 Å². The van der Waals surface area contributed by atoms with Crippen molar-refractivity contribution in [1.29, 1.82) is 0 Å². The van der Waals surface area contributed by atoms with Gasteiger partial charge in [0.05, 0.1) is 5.56 Å². The number of alkyl halides is 3. The van der Waals surface area contributed by atoms with E-state index in [4.69, 9.17) is 5.11 Å². The van der Waals surface area contributed by atoms with Crippen molar-refractivity contribution in [1.82, 2.24) is 5.32 Å². The van der Waals surface area contributed by atoms with Crippen LogP contribution in [0.25, 0.3) is 0 Å². The zero-order valence-corrected chi connectivity index (χ0v) is 8.54. The van der Waals surface area contributed by atoms with E-state index >= 15 is 0 Å². The predicted octanol–water partition coefficient (Wildman–Crippen LogP) is 1.50. The van der Waals surface area contributed by atoms with E-state index in [1.165, 1.54) is 6.92 Å². The van der Waals surface area contributed by atoms with Crippen LogP contribution in [0.15, 0.2) is 16.7 Å². The first kappa shape index (κ1) is 13.1. The number of amides is 1. The van der Waals surface area contributed by atoms with Gasteiger partial charge in [-0.05, 0) is 6.92 Å². The minimum atomic E-state index is -4.61. The molecular weight excluding hydrogens is 243 g/mol. The number of furan rings is 1. The lowest BCUT2D eigenvalue weighted by atomic mass is 10.3. The summed E-state index contributed by atoms with van der Waals surface area (Å²) in [6.07, 6.45) is -4.22. The summed E-state index contributed by atoms with van der Waals surface area (Å²) >= 11 is 0. The smallest absolute Gasteiger partial charge is 0.419 e. The van der Waals surface area contributed by atoms with Crippen molar-refractivity contribution in [3.05, 3.63) is 23.7 Å². The fourth-order valence-corrected chi connectivity index (χ4v) is 0.933. The third-order valence-corrected chi connectivity index (χ3v) is 1.87. The number of rotatable bonds is 3. The Kier molecular flexibility index (Phi) is 3.45. The number of carbonyl (C=O) groups excluding carboxylic acids is 1. The molecule has 1 rings (SSSR count). The highest BCUT2D eigenvalue weighted by Crippen LogP contribution is 2.30. The van der Waals surface area contributed by atoms with Crippen LogP contribution in [0.1, 0.15) is 23.0 Å². The van der Waals surface area contributed by atoms with Crippen LogP contribution in [0, 0.1) is 0 Å². The lowest BCUT2D eigenvalue weighted by molar-refractivity contribution is -0.139. The Morgan fingerprint density at radius 2 is 2.06 bits per heavy atom. The van der Waals surface area contributed by atoms with Crippen LogP contribution >= 0.6 is 0 Å². The Morgan fingerprint density at radius 3 is 2.47 bits per heavy atom. The SMILES string of the molecule is C[C@H](NC(=O)c1cc(C(F)(F)F)co1)C(=O)O. The van der Waals surface area contributed by atoms with Gasteiger partial charge in [0.2, 0.25) is 0 Å². The van der Waals surface area contributed by atoms with Crippen molar-refractivity contribution >= 4 is 11.9 Å². The van der Waals surface area contributed by atoms with E-state index in [0.29, 0.717) is 12.3 Å². The first-order valence-electron chi connectivity index (χ1n) is 4.41. The number of carboxylic acids is 1. The van der Waals surface area contributed by atoms with Gasteiger partial charge >= 0.3 is 12.1 Å². The Balaban J connectivity index is 2.78. The first-order valence-corrected chi connectivity index (χ1v) is 4.41. The fourth-order valence-electron chi connectivity index (χ4n) is 0.933. The topological polar surface area (TPSA) is 79.5 Å². The number of carboxylic acid groups (broad SMARTS) is 1. The average Bonchev–Trinajstić information content (AvgIpc) is 2.65. The van der Waals surface area contributed by atoms with Crippen LogP contribution in [0.3, 0.4) is 0 Å². The van der Waals surface area contributed by atoms with Crippen LogP contribution in [-0.4, -0.2) is 23.0 Å². The van der Waals surface area contributed by atoms with Gasteiger partial charge in [0, 0.05) is 6.07 Å². The number of halogens is 3. The van der Waals surface area contributed by atoms with E-state index < -0.39 is 35.4 Å². The van der Waals surface area contributed by atoms with Gasteiger partial charge in [0.15, 0.2) is 5.76 Å². The highest BCUT2D eigenvalue weighted by atomic mass is 19.4. The van der Waals surface area contributed by atoms with Crippen molar-refractivity contribution in [3.8, 4) is 0 Å². The van der Waals surface area contributed by atoms with E-state index in [0.717, 1.165) is 0 Å². The maximum atomic E-state index is 12.2. The Bertz CT molecular complexity index is 438. The molecule has 0 aliphatic rings. The quantitative estimate of drug-likeness (QED) is 0.853. The normalized spacial score (nSPS) is 13.2. The highest BCUT2D eigenvalue weighted by Gasteiger charge is 2.33. The van der Waals surface area contributed by atoms with E-state index in [9.17, 15) is 22.8 Å². The lowest BCUT2D eigenvalue weighted by Crippen LogP contribution is -2.38. The molecule has 0 radical (unpaired) electrons. The van der Waals surface area contributed by atoms with E-state index in [2.05, 4.69) is 4.42 Å². The minimum absolute atomic E-state index is 0.389. The summed E-state index contributed by atoms with van der Waals surface area (Å²) in [7, 11) is 0. The van der Waals surface area contributed by atoms with E-state index in [1.807, 2.05) is 5.32 Å². The molecular formula is C9H8F3NO4. The zero-order valence-electron chi connectivity index (χ0n) is 8.54. The van der Waals surface area contributed by atoms with Gasteiger partial charge in [-0.2, -0.15) is 13.2 Å². The molecule has 5 nitrogen and oxygen atoms in total. The Morgan fingerprint density at radius 1 is 1.47 bits per heavy atom. The molecule has 1 atom stereocenters. The maximum absolute atomic E-state index is 12.2. The van der Waals surface area contributed by atoms with Gasteiger partial charge in [-0.3, -0.25) is 9.59 Å². The highest BCUT2D eigenvalue weighted by molar-refractivity contribution is 5.94. The van der Waals surface area contributed by atoms with Gasteiger partial charge < -0.3 is 14.8 Å². The summed E-state index contributed by atoms with van der Waals surface area (Å²) in [4.78, 5) is 21.7. The standard InChI is InChI=1S/C9H8F3NO4/c1-4(8(15)16)13-7(14)6-2-5(3-17-6)9(10,11)12/h2-4H,1H3,(H,13,14)(H,15,16)/t4-/m0/s1. The molecule has 1 heterocycles. The van der Waals surface area contributed by atoms with Crippen molar-refractivity contribution in [3.63, 3.8) is 0 Å². The van der Waals surface area contributed by atoms with Gasteiger partial charge in [-0.15, -0.1) is 0 Å². The van der Waals surface area contributed by atoms with Crippen molar-refractivity contribution in [2.45, 2.75) is 19.1 Å². The second-order valence-electron chi connectivity index (χ2n) is 3.23. The summed E-state index contributed by atoms with van der Waals surface area (Å²) < 4.78 is 40.9. The van der Waals surface area contributed by atoms with Crippen LogP contribution in [0.4, 0.5) is 13.2 Å². The second kappa shape index (κ2) is 4.48. The molecule has 0 aliphatic carbocycles. The average molecular weight is 251 g/mol.